The number of furan rings is 1. The van der Waals surface area contributed by atoms with Crippen molar-refractivity contribution in [2.45, 2.75) is 13.3 Å². The predicted molar refractivity (Wildman–Crippen MR) is 65.6 cm³/mol. The van der Waals surface area contributed by atoms with E-state index in [4.69, 9.17) is 4.42 Å². The molecule has 2 nitrogen and oxygen atoms in total. The maximum Gasteiger partial charge on any atom is 0.170 e. The molecule has 0 radical (unpaired) electrons. The molecule has 1 aromatic heterocycles. The van der Waals surface area contributed by atoms with Gasteiger partial charge in [0.25, 0.3) is 0 Å². The average molecular weight is 297 g/mol. The van der Waals surface area contributed by atoms with Crippen molar-refractivity contribution in [3.63, 3.8) is 0 Å². The van der Waals surface area contributed by atoms with Gasteiger partial charge in [-0.3, -0.25) is 4.79 Å². The van der Waals surface area contributed by atoms with Crippen LogP contribution in [0.3, 0.4) is 0 Å². The minimum absolute atomic E-state index is 0.0320. The van der Waals surface area contributed by atoms with Gasteiger partial charge in [0, 0.05) is 10.9 Å². The van der Waals surface area contributed by atoms with Crippen LogP contribution in [0.4, 0.5) is 4.39 Å². The zero-order valence-electron chi connectivity index (χ0n) is 9.17. The Bertz CT molecular complexity index is 560. The van der Waals surface area contributed by atoms with Crippen LogP contribution >= 0.6 is 15.9 Å². The molecule has 0 aliphatic heterocycles. The monoisotopic (exact) mass is 296 g/mol. The van der Waals surface area contributed by atoms with Crippen molar-refractivity contribution < 1.29 is 13.6 Å². The number of hydrogen-bond donors (Lipinski definition) is 0. The summed E-state index contributed by atoms with van der Waals surface area (Å²) >= 11 is 3.25. The standard InChI is InChI=1S/C13H10BrFO2/c1-8-4-10(7-17-8)13(16)6-9-5-11(14)2-3-12(9)15/h2-5,7H,6H2,1H3. The summed E-state index contributed by atoms with van der Waals surface area (Å²) in [5.41, 5.74) is 0.852. The van der Waals surface area contributed by atoms with Crippen molar-refractivity contribution in [3.8, 4) is 0 Å². The molecular weight excluding hydrogens is 287 g/mol. The number of rotatable bonds is 3. The molecule has 17 heavy (non-hydrogen) atoms. The Morgan fingerprint density at radius 3 is 2.82 bits per heavy atom. The van der Waals surface area contributed by atoms with Crippen molar-refractivity contribution in [1.29, 1.82) is 0 Å². The summed E-state index contributed by atoms with van der Waals surface area (Å²) in [5.74, 6) is 0.142. The lowest BCUT2D eigenvalue weighted by atomic mass is 10.0. The van der Waals surface area contributed by atoms with Gasteiger partial charge in [0.2, 0.25) is 0 Å². The molecule has 88 valence electrons. The first-order valence-corrected chi connectivity index (χ1v) is 5.88. The van der Waals surface area contributed by atoms with E-state index in [-0.39, 0.29) is 18.0 Å². The predicted octanol–water partition coefficient (Wildman–Crippen LogP) is 3.92. The molecule has 0 N–H and O–H groups in total. The first-order chi connectivity index (χ1) is 8.06. The summed E-state index contributed by atoms with van der Waals surface area (Å²) in [7, 11) is 0. The fourth-order valence-electron chi connectivity index (χ4n) is 1.54. The molecule has 0 amide bonds. The lowest BCUT2D eigenvalue weighted by Crippen LogP contribution is -2.04. The van der Waals surface area contributed by atoms with E-state index >= 15 is 0 Å². The van der Waals surface area contributed by atoms with E-state index in [0.29, 0.717) is 16.9 Å². The van der Waals surface area contributed by atoms with Crippen molar-refractivity contribution >= 4 is 21.7 Å². The highest BCUT2D eigenvalue weighted by Crippen LogP contribution is 2.18. The van der Waals surface area contributed by atoms with Crippen LogP contribution in [0.2, 0.25) is 0 Å². The quantitative estimate of drug-likeness (QED) is 0.804. The number of hydrogen-bond acceptors (Lipinski definition) is 2. The Kier molecular flexibility index (Phi) is 3.43. The van der Waals surface area contributed by atoms with Gasteiger partial charge in [-0.1, -0.05) is 15.9 Å². The highest BCUT2D eigenvalue weighted by Gasteiger charge is 2.12. The number of carbonyl (C=O) groups is 1. The minimum atomic E-state index is -0.373. The lowest BCUT2D eigenvalue weighted by Gasteiger charge is -2.02. The number of benzene rings is 1. The van der Waals surface area contributed by atoms with Crippen LogP contribution < -0.4 is 0 Å². The van der Waals surface area contributed by atoms with Crippen molar-refractivity contribution in [1.82, 2.24) is 0 Å². The van der Waals surface area contributed by atoms with Crippen LogP contribution in [0.5, 0.6) is 0 Å². The van der Waals surface area contributed by atoms with Gasteiger partial charge < -0.3 is 4.42 Å². The maximum atomic E-state index is 13.5. The van der Waals surface area contributed by atoms with E-state index in [2.05, 4.69) is 15.9 Å². The summed E-state index contributed by atoms with van der Waals surface area (Å²) in [4.78, 5) is 11.8. The Morgan fingerprint density at radius 1 is 1.41 bits per heavy atom. The summed E-state index contributed by atoms with van der Waals surface area (Å²) in [5, 5.41) is 0. The molecule has 0 saturated carbocycles. The Balaban J connectivity index is 2.21. The fourth-order valence-corrected chi connectivity index (χ4v) is 1.95. The normalized spacial score (nSPS) is 10.5. The number of aryl methyl sites for hydroxylation is 1. The van der Waals surface area contributed by atoms with Crippen LogP contribution in [0, 0.1) is 12.7 Å². The Morgan fingerprint density at radius 2 is 2.18 bits per heavy atom. The first-order valence-electron chi connectivity index (χ1n) is 5.08. The zero-order valence-corrected chi connectivity index (χ0v) is 10.8. The highest BCUT2D eigenvalue weighted by atomic mass is 79.9. The molecule has 0 aliphatic rings. The third kappa shape index (κ3) is 2.82. The summed E-state index contributed by atoms with van der Waals surface area (Å²) in [6, 6.07) is 6.21. The molecule has 0 fully saturated rings. The van der Waals surface area contributed by atoms with E-state index in [1.54, 1.807) is 25.1 Å². The largest absolute Gasteiger partial charge is 0.469 e. The molecule has 0 saturated heterocycles. The molecule has 0 spiro atoms. The van der Waals surface area contributed by atoms with Gasteiger partial charge >= 0.3 is 0 Å². The smallest absolute Gasteiger partial charge is 0.170 e. The molecule has 0 bridgehead atoms. The lowest BCUT2D eigenvalue weighted by molar-refractivity contribution is 0.0991. The third-order valence-electron chi connectivity index (χ3n) is 2.41. The molecule has 2 aromatic rings. The molecule has 2 rings (SSSR count). The van der Waals surface area contributed by atoms with Gasteiger partial charge in [-0.05, 0) is 36.8 Å². The van der Waals surface area contributed by atoms with Gasteiger partial charge in [-0.25, -0.2) is 4.39 Å². The third-order valence-corrected chi connectivity index (χ3v) is 2.90. The van der Waals surface area contributed by atoms with Crippen molar-refractivity contribution in [2.24, 2.45) is 0 Å². The topological polar surface area (TPSA) is 30.2 Å². The van der Waals surface area contributed by atoms with Crippen LogP contribution in [-0.4, -0.2) is 5.78 Å². The number of halogens is 2. The number of ketones is 1. The SMILES string of the molecule is Cc1cc(C(=O)Cc2cc(Br)ccc2F)co1. The van der Waals surface area contributed by atoms with Gasteiger partial charge in [0.15, 0.2) is 5.78 Å². The molecule has 0 atom stereocenters. The second kappa shape index (κ2) is 4.84. The second-order valence-electron chi connectivity index (χ2n) is 3.78. The van der Waals surface area contributed by atoms with E-state index in [1.165, 1.54) is 12.3 Å². The Hall–Kier alpha value is -1.42. The van der Waals surface area contributed by atoms with E-state index in [0.717, 1.165) is 4.47 Å². The minimum Gasteiger partial charge on any atom is -0.469 e. The van der Waals surface area contributed by atoms with Gasteiger partial charge in [0.05, 0.1) is 5.56 Å². The van der Waals surface area contributed by atoms with Gasteiger partial charge in [0.1, 0.15) is 17.8 Å². The summed E-state index contributed by atoms with van der Waals surface area (Å²) < 4.78 is 19.3. The van der Waals surface area contributed by atoms with E-state index in [1.807, 2.05) is 0 Å². The van der Waals surface area contributed by atoms with E-state index in [9.17, 15) is 9.18 Å². The van der Waals surface area contributed by atoms with Crippen LogP contribution in [0.1, 0.15) is 21.7 Å². The van der Waals surface area contributed by atoms with Gasteiger partial charge in [-0.2, -0.15) is 0 Å². The number of carbonyl (C=O) groups excluding carboxylic acids is 1. The van der Waals surface area contributed by atoms with Gasteiger partial charge in [-0.15, -0.1) is 0 Å². The molecule has 0 unspecified atom stereocenters. The van der Waals surface area contributed by atoms with E-state index < -0.39 is 0 Å². The van der Waals surface area contributed by atoms with Crippen molar-refractivity contribution in [2.75, 3.05) is 0 Å². The summed E-state index contributed by atoms with van der Waals surface area (Å²) in [6.07, 6.45) is 1.43. The molecular formula is C13H10BrFO2. The second-order valence-corrected chi connectivity index (χ2v) is 4.70. The molecule has 1 heterocycles. The summed E-state index contributed by atoms with van der Waals surface area (Å²) in [6.45, 7) is 1.76. The fraction of sp³-hybridized carbons (Fsp3) is 0.154. The maximum absolute atomic E-state index is 13.5. The average Bonchev–Trinajstić information content (AvgIpc) is 2.70. The number of Topliss-reactive ketones (excluding diaryl/α,β-unsaturated/α-hetero) is 1. The first kappa shape index (κ1) is 12.0. The van der Waals surface area contributed by atoms with Crippen LogP contribution in [-0.2, 0) is 6.42 Å². The zero-order chi connectivity index (χ0) is 12.4. The molecule has 0 aliphatic carbocycles. The Labute approximate surface area is 107 Å². The highest BCUT2D eigenvalue weighted by molar-refractivity contribution is 9.10. The van der Waals surface area contributed by atoms with Crippen LogP contribution in [0.15, 0.2) is 39.4 Å². The van der Waals surface area contributed by atoms with Crippen LogP contribution in [0.25, 0.3) is 0 Å². The van der Waals surface area contributed by atoms with Crippen molar-refractivity contribution in [3.05, 3.63) is 57.7 Å². The molecule has 1 aromatic carbocycles. The molecule has 4 heteroatoms.